The molecule has 0 bridgehead atoms. The van der Waals surface area contributed by atoms with Crippen molar-refractivity contribution in [2.75, 3.05) is 0 Å². The molecule has 0 aliphatic heterocycles. The van der Waals surface area contributed by atoms with Gasteiger partial charge in [-0.15, -0.1) is 0 Å². The molecule has 1 N–H and O–H groups in total. The van der Waals surface area contributed by atoms with Crippen molar-refractivity contribution in [2.45, 2.75) is 26.5 Å². The Morgan fingerprint density at radius 2 is 2.00 bits per heavy atom. The lowest BCUT2D eigenvalue weighted by Crippen LogP contribution is -2.06. The van der Waals surface area contributed by atoms with Gasteiger partial charge in [0.1, 0.15) is 11.4 Å². The van der Waals surface area contributed by atoms with E-state index < -0.39 is 0 Å². The molecule has 2 rings (SSSR count). The second kappa shape index (κ2) is 4.81. The molecular weight excluding hydrogens is 240 g/mol. The van der Waals surface area contributed by atoms with E-state index >= 15 is 0 Å². The number of nitrogens with zero attached hydrogens (tertiary/aromatic N) is 4. The molecule has 2 aromatic rings. The summed E-state index contributed by atoms with van der Waals surface area (Å²) < 4.78 is 1.73. The lowest BCUT2D eigenvalue weighted by Gasteiger charge is -2.09. The van der Waals surface area contributed by atoms with Gasteiger partial charge in [0.2, 0.25) is 0 Å². The Morgan fingerprint density at radius 1 is 1.35 bits per heavy atom. The molecule has 5 nitrogen and oxygen atoms in total. The zero-order valence-corrected chi connectivity index (χ0v) is 10.4. The van der Waals surface area contributed by atoms with Crippen molar-refractivity contribution < 1.29 is 5.11 Å². The highest BCUT2D eigenvalue weighted by atomic mass is 35.5. The third kappa shape index (κ3) is 2.16. The van der Waals surface area contributed by atoms with Crippen LogP contribution in [0.2, 0.25) is 5.02 Å². The Hall–Kier alpha value is -1.46. The summed E-state index contributed by atoms with van der Waals surface area (Å²) in [4.78, 5) is 8.32. The molecule has 0 atom stereocenters. The Bertz CT molecular complexity index is 510. The molecule has 0 unspecified atom stereocenters. The van der Waals surface area contributed by atoms with E-state index in [4.69, 9.17) is 11.6 Å². The average molecular weight is 253 g/mol. The molecule has 17 heavy (non-hydrogen) atoms. The lowest BCUT2D eigenvalue weighted by molar-refractivity contribution is 0.274. The summed E-state index contributed by atoms with van der Waals surface area (Å²) in [5.74, 6) is 0.512. The molecular formula is C11H13ClN4O. The summed E-state index contributed by atoms with van der Waals surface area (Å²) in [6.07, 6.45) is 3.30. The highest BCUT2D eigenvalue weighted by Crippen LogP contribution is 2.30. The van der Waals surface area contributed by atoms with Gasteiger partial charge in [0, 0.05) is 18.4 Å². The first-order valence-electron chi connectivity index (χ1n) is 5.30. The van der Waals surface area contributed by atoms with Crippen molar-refractivity contribution in [3.8, 4) is 11.5 Å². The van der Waals surface area contributed by atoms with Crippen molar-refractivity contribution in [2.24, 2.45) is 0 Å². The van der Waals surface area contributed by atoms with Crippen LogP contribution in [0.5, 0.6) is 0 Å². The highest BCUT2D eigenvalue weighted by molar-refractivity contribution is 6.33. The van der Waals surface area contributed by atoms with Crippen molar-refractivity contribution in [1.82, 2.24) is 19.7 Å². The number of aliphatic hydroxyl groups excluding tert-OH is 1. The minimum atomic E-state index is -0.196. The van der Waals surface area contributed by atoms with Crippen molar-refractivity contribution in [3.63, 3.8) is 0 Å². The third-order valence-corrected chi connectivity index (χ3v) is 2.73. The largest absolute Gasteiger partial charge is 0.390 e. The molecule has 0 saturated carbocycles. The van der Waals surface area contributed by atoms with Crippen LogP contribution >= 0.6 is 11.6 Å². The molecule has 2 heterocycles. The Labute approximate surface area is 104 Å². The summed E-state index contributed by atoms with van der Waals surface area (Å²) in [5, 5.41) is 13.9. The molecule has 90 valence electrons. The number of hydrogen-bond donors (Lipinski definition) is 1. The second-order valence-electron chi connectivity index (χ2n) is 3.88. The molecule has 0 aliphatic rings. The molecule has 0 amide bonds. The highest BCUT2D eigenvalue weighted by Gasteiger charge is 2.20. The van der Waals surface area contributed by atoms with Gasteiger partial charge in [-0.2, -0.15) is 5.10 Å². The fraction of sp³-hybridized carbons (Fsp3) is 0.364. The first-order valence-corrected chi connectivity index (χ1v) is 5.68. The first-order chi connectivity index (χ1) is 8.15. The van der Waals surface area contributed by atoms with Gasteiger partial charge in [-0.05, 0) is 19.9 Å². The maximum Gasteiger partial charge on any atom is 0.179 e. The normalized spacial score (nSPS) is 11.1. The Balaban J connectivity index is 2.63. The summed E-state index contributed by atoms with van der Waals surface area (Å²) in [5.41, 5.74) is 1.09. The van der Waals surface area contributed by atoms with Crippen LogP contribution in [-0.4, -0.2) is 24.9 Å². The predicted molar refractivity (Wildman–Crippen MR) is 64.6 cm³/mol. The Morgan fingerprint density at radius 3 is 2.53 bits per heavy atom. The monoisotopic (exact) mass is 252 g/mol. The van der Waals surface area contributed by atoms with Gasteiger partial charge in [-0.1, -0.05) is 11.6 Å². The smallest absolute Gasteiger partial charge is 0.179 e. The van der Waals surface area contributed by atoms with Crippen molar-refractivity contribution >= 4 is 11.6 Å². The molecule has 0 fully saturated rings. The van der Waals surface area contributed by atoms with Crippen LogP contribution in [0, 0.1) is 0 Å². The third-order valence-electron chi connectivity index (χ3n) is 2.34. The zero-order chi connectivity index (χ0) is 12.4. The maximum atomic E-state index is 9.18. The van der Waals surface area contributed by atoms with Gasteiger partial charge in [0.25, 0.3) is 0 Å². The van der Waals surface area contributed by atoms with Gasteiger partial charge in [-0.25, -0.2) is 9.97 Å². The fourth-order valence-corrected chi connectivity index (χ4v) is 1.83. The SMILES string of the molecule is CC(C)n1nc(CO)c(Cl)c1-c1ncccn1. The van der Waals surface area contributed by atoms with Crippen LogP contribution < -0.4 is 0 Å². The van der Waals surface area contributed by atoms with E-state index in [2.05, 4.69) is 15.1 Å². The molecule has 0 saturated heterocycles. The first kappa shape index (κ1) is 12.0. The van der Waals surface area contributed by atoms with Gasteiger partial charge < -0.3 is 5.11 Å². The van der Waals surface area contributed by atoms with Gasteiger partial charge in [-0.3, -0.25) is 4.68 Å². The number of aromatic nitrogens is 4. The summed E-state index contributed by atoms with van der Waals surface area (Å²) in [6, 6.07) is 1.85. The minimum Gasteiger partial charge on any atom is -0.390 e. The molecule has 6 heteroatoms. The van der Waals surface area contributed by atoms with E-state index in [0.717, 1.165) is 0 Å². The summed E-state index contributed by atoms with van der Waals surface area (Å²) in [7, 11) is 0. The van der Waals surface area contributed by atoms with Gasteiger partial charge in [0.05, 0.1) is 11.6 Å². The van der Waals surface area contributed by atoms with E-state index in [0.29, 0.717) is 22.2 Å². The van der Waals surface area contributed by atoms with Crippen LogP contribution in [0.15, 0.2) is 18.5 Å². The Kier molecular flexibility index (Phi) is 3.40. The zero-order valence-electron chi connectivity index (χ0n) is 9.63. The maximum absolute atomic E-state index is 9.18. The average Bonchev–Trinajstić information content (AvgIpc) is 2.67. The molecule has 0 aliphatic carbocycles. The fourth-order valence-electron chi connectivity index (χ4n) is 1.56. The summed E-state index contributed by atoms with van der Waals surface area (Å²) in [6.45, 7) is 3.77. The lowest BCUT2D eigenvalue weighted by atomic mass is 10.3. The van der Waals surface area contributed by atoms with Crippen molar-refractivity contribution in [3.05, 3.63) is 29.2 Å². The van der Waals surface area contributed by atoms with E-state index in [9.17, 15) is 5.11 Å². The molecule has 0 spiro atoms. The number of halogens is 1. The molecule has 0 radical (unpaired) electrons. The van der Waals surface area contributed by atoms with E-state index in [1.54, 1.807) is 23.1 Å². The van der Waals surface area contributed by atoms with Crippen LogP contribution in [0.1, 0.15) is 25.6 Å². The standard InChI is InChI=1S/C11H13ClN4O/c1-7(2)16-10(9(12)8(6-17)15-16)11-13-4-3-5-14-11/h3-5,7,17H,6H2,1-2H3. The summed E-state index contributed by atoms with van der Waals surface area (Å²) >= 11 is 6.18. The van der Waals surface area contributed by atoms with E-state index in [1.165, 1.54) is 0 Å². The van der Waals surface area contributed by atoms with Crippen LogP contribution in [-0.2, 0) is 6.61 Å². The van der Waals surface area contributed by atoms with Crippen molar-refractivity contribution in [1.29, 1.82) is 0 Å². The molecule has 0 aromatic carbocycles. The number of hydrogen-bond acceptors (Lipinski definition) is 4. The quantitative estimate of drug-likeness (QED) is 0.908. The van der Waals surface area contributed by atoms with E-state index in [-0.39, 0.29) is 12.6 Å². The molecule has 2 aromatic heterocycles. The van der Waals surface area contributed by atoms with E-state index in [1.807, 2.05) is 13.8 Å². The predicted octanol–water partition coefficient (Wildman–Crippen LogP) is 2.07. The van der Waals surface area contributed by atoms with Crippen LogP contribution in [0.3, 0.4) is 0 Å². The second-order valence-corrected chi connectivity index (χ2v) is 4.26. The topological polar surface area (TPSA) is 63.8 Å². The minimum absolute atomic E-state index is 0.117. The van der Waals surface area contributed by atoms with Crippen LogP contribution in [0.4, 0.5) is 0 Å². The van der Waals surface area contributed by atoms with Gasteiger partial charge >= 0.3 is 0 Å². The number of aliphatic hydroxyl groups is 1. The van der Waals surface area contributed by atoms with Crippen LogP contribution in [0.25, 0.3) is 11.5 Å². The van der Waals surface area contributed by atoms with Gasteiger partial charge in [0.15, 0.2) is 5.82 Å². The number of rotatable bonds is 3.